The predicted octanol–water partition coefficient (Wildman–Crippen LogP) is 4.77. The Hall–Kier alpha value is -1.15. The molecular weight excluding hydrogens is 442 g/mol. The van der Waals surface area contributed by atoms with E-state index in [9.17, 15) is 9.18 Å². The Morgan fingerprint density at radius 1 is 1.30 bits per heavy atom. The first kappa shape index (κ1) is 15.2. The van der Waals surface area contributed by atoms with Crippen LogP contribution in [0.25, 0.3) is 0 Å². The molecule has 0 radical (unpaired) electrons. The third-order valence-corrected chi connectivity index (χ3v) is 3.56. The Kier molecular flexibility index (Phi) is 4.98. The Labute approximate surface area is 137 Å². The summed E-state index contributed by atoms with van der Waals surface area (Å²) in [5.41, 5.74) is -0.227. The van der Waals surface area contributed by atoms with Gasteiger partial charge in [-0.25, -0.2) is 9.18 Å². The van der Waals surface area contributed by atoms with Crippen LogP contribution in [0.2, 0.25) is 0 Å². The van der Waals surface area contributed by atoms with E-state index in [-0.39, 0.29) is 11.3 Å². The molecule has 0 heterocycles. The fourth-order valence-corrected chi connectivity index (χ4v) is 2.51. The van der Waals surface area contributed by atoms with E-state index in [1.54, 1.807) is 12.1 Å². The van der Waals surface area contributed by atoms with Crippen LogP contribution >= 0.6 is 38.5 Å². The van der Waals surface area contributed by atoms with Crippen LogP contribution < -0.4 is 4.74 Å². The quantitative estimate of drug-likeness (QED) is 0.499. The van der Waals surface area contributed by atoms with Crippen molar-refractivity contribution in [2.45, 2.75) is 0 Å². The van der Waals surface area contributed by atoms with Gasteiger partial charge in [0.15, 0.2) is 0 Å². The van der Waals surface area contributed by atoms with Gasteiger partial charge in [0.05, 0.1) is 7.11 Å². The molecule has 104 valence electrons. The van der Waals surface area contributed by atoms with E-state index in [0.717, 1.165) is 3.57 Å². The lowest BCUT2D eigenvalue weighted by Gasteiger charge is -2.11. The molecule has 2 aromatic carbocycles. The number of hydrogen-bond donors (Lipinski definition) is 0. The smallest absolute Gasteiger partial charge is 0.344 e. The largest absolute Gasteiger partial charge is 0.465 e. The van der Waals surface area contributed by atoms with Gasteiger partial charge in [-0.2, -0.15) is 0 Å². The van der Waals surface area contributed by atoms with Gasteiger partial charge in [-0.1, -0.05) is 22.0 Å². The van der Waals surface area contributed by atoms with E-state index in [0.29, 0.717) is 10.2 Å². The zero-order chi connectivity index (χ0) is 14.7. The molecular formula is C14H9BrFIO3. The minimum Gasteiger partial charge on any atom is -0.465 e. The van der Waals surface area contributed by atoms with Crippen molar-refractivity contribution in [2.24, 2.45) is 0 Å². The topological polar surface area (TPSA) is 35.5 Å². The molecule has 0 fully saturated rings. The highest BCUT2D eigenvalue weighted by molar-refractivity contribution is 14.1. The maximum absolute atomic E-state index is 13.9. The van der Waals surface area contributed by atoms with Crippen LogP contribution in [0.4, 0.5) is 4.39 Å². The van der Waals surface area contributed by atoms with Gasteiger partial charge in [-0.15, -0.1) is 0 Å². The second-order valence-corrected chi connectivity index (χ2v) is 5.97. The summed E-state index contributed by atoms with van der Waals surface area (Å²) >= 11 is 5.31. The lowest BCUT2D eigenvalue weighted by Crippen LogP contribution is -2.07. The Morgan fingerprint density at radius 3 is 2.70 bits per heavy atom. The van der Waals surface area contributed by atoms with E-state index in [1.165, 1.54) is 19.2 Å². The van der Waals surface area contributed by atoms with Gasteiger partial charge in [0.25, 0.3) is 0 Å². The Bertz CT molecular complexity index is 661. The van der Waals surface area contributed by atoms with Crippen molar-refractivity contribution in [3.8, 4) is 11.5 Å². The van der Waals surface area contributed by atoms with Crippen LogP contribution in [0.1, 0.15) is 10.4 Å². The highest BCUT2D eigenvalue weighted by Crippen LogP contribution is 2.31. The first-order valence-electron chi connectivity index (χ1n) is 5.52. The third kappa shape index (κ3) is 3.49. The number of hydrogen-bond acceptors (Lipinski definition) is 3. The Morgan fingerprint density at radius 2 is 2.05 bits per heavy atom. The average molecular weight is 451 g/mol. The van der Waals surface area contributed by atoms with Gasteiger partial charge in [0.2, 0.25) is 0 Å². The van der Waals surface area contributed by atoms with E-state index in [2.05, 4.69) is 43.3 Å². The molecule has 2 rings (SSSR count). The summed E-state index contributed by atoms with van der Waals surface area (Å²) in [6, 6.07) is 9.92. The summed E-state index contributed by atoms with van der Waals surface area (Å²) in [5, 5.41) is 0. The molecule has 3 nitrogen and oxygen atoms in total. The van der Waals surface area contributed by atoms with Gasteiger partial charge < -0.3 is 9.47 Å². The van der Waals surface area contributed by atoms with E-state index >= 15 is 0 Å². The van der Waals surface area contributed by atoms with E-state index in [4.69, 9.17) is 4.74 Å². The summed E-state index contributed by atoms with van der Waals surface area (Å²) in [7, 11) is 1.19. The van der Waals surface area contributed by atoms with Crippen LogP contribution in [0.5, 0.6) is 11.5 Å². The van der Waals surface area contributed by atoms with Crippen molar-refractivity contribution in [2.75, 3.05) is 7.11 Å². The summed E-state index contributed by atoms with van der Waals surface area (Å²) in [6.45, 7) is 0. The molecule has 0 aromatic heterocycles. The molecule has 6 heteroatoms. The van der Waals surface area contributed by atoms with Gasteiger partial charge in [-0.05, 0) is 52.9 Å². The van der Waals surface area contributed by atoms with Crippen molar-refractivity contribution in [1.82, 2.24) is 0 Å². The first-order valence-corrected chi connectivity index (χ1v) is 7.39. The molecule has 0 unspecified atom stereocenters. The molecule has 0 atom stereocenters. The van der Waals surface area contributed by atoms with E-state index in [1.807, 2.05) is 12.1 Å². The SMILES string of the molecule is COC(=O)c1c(F)cc(Br)cc1Oc1cccc(I)c1. The minimum atomic E-state index is -0.782. The van der Waals surface area contributed by atoms with Gasteiger partial charge in [0.1, 0.15) is 22.9 Å². The van der Waals surface area contributed by atoms with Crippen LogP contribution in [0, 0.1) is 9.39 Å². The Balaban J connectivity index is 2.47. The summed E-state index contributed by atoms with van der Waals surface area (Å²) < 4.78 is 25.5. The first-order chi connectivity index (χ1) is 9.51. The molecule has 0 aliphatic heterocycles. The molecule has 2 aromatic rings. The zero-order valence-electron chi connectivity index (χ0n) is 10.3. The number of rotatable bonds is 3. The average Bonchev–Trinajstić information content (AvgIpc) is 2.37. The van der Waals surface area contributed by atoms with Gasteiger partial charge >= 0.3 is 5.97 Å². The maximum Gasteiger partial charge on any atom is 0.344 e. The third-order valence-electron chi connectivity index (χ3n) is 2.43. The number of benzene rings is 2. The lowest BCUT2D eigenvalue weighted by atomic mass is 10.2. The standard InChI is InChI=1S/C14H9BrFIO3/c1-19-14(18)13-11(16)5-8(15)6-12(13)20-10-4-2-3-9(17)7-10/h2-7H,1H3. The molecule has 0 aliphatic rings. The minimum absolute atomic E-state index is 0.103. The second kappa shape index (κ2) is 6.53. The molecule has 20 heavy (non-hydrogen) atoms. The predicted molar refractivity (Wildman–Crippen MR) is 84.7 cm³/mol. The van der Waals surface area contributed by atoms with Gasteiger partial charge in [0, 0.05) is 8.04 Å². The number of carbonyl (C=O) groups is 1. The summed E-state index contributed by atoms with van der Waals surface area (Å²) in [6.07, 6.45) is 0. The molecule has 0 aliphatic carbocycles. The van der Waals surface area contributed by atoms with Crippen LogP contribution in [-0.4, -0.2) is 13.1 Å². The number of ether oxygens (including phenoxy) is 2. The van der Waals surface area contributed by atoms with Crippen molar-refractivity contribution in [3.63, 3.8) is 0 Å². The fraction of sp³-hybridized carbons (Fsp3) is 0.0714. The molecule has 0 saturated carbocycles. The molecule has 0 saturated heterocycles. The molecule has 0 N–H and O–H groups in total. The number of methoxy groups -OCH3 is 1. The summed E-state index contributed by atoms with van der Waals surface area (Å²) in [5.74, 6) is -0.868. The molecule has 0 amide bonds. The van der Waals surface area contributed by atoms with Crippen molar-refractivity contribution >= 4 is 44.5 Å². The maximum atomic E-state index is 13.9. The van der Waals surface area contributed by atoms with Crippen LogP contribution in [-0.2, 0) is 4.74 Å². The van der Waals surface area contributed by atoms with Crippen LogP contribution in [0.15, 0.2) is 40.9 Å². The van der Waals surface area contributed by atoms with Crippen LogP contribution in [0.3, 0.4) is 0 Å². The second-order valence-electron chi connectivity index (χ2n) is 3.81. The molecule has 0 spiro atoms. The lowest BCUT2D eigenvalue weighted by molar-refractivity contribution is 0.0592. The van der Waals surface area contributed by atoms with Gasteiger partial charge in [-0.3, -0.25) is 0 Å². The van der Waals surface area contributed by atoms with Crippen molar-refractivity contribution in [1.29, 1.82) is 0 Å². The normalized spacial score (nSPS) is 10.2. The monoisotopic (exact) mass is 450 g/mol. The number of halogens is 3. The highest BCUT2D eigenvalue weighted by Gasteiger charge is 2.20. The summed E-state index contributed by atoms with van der Waals surface area (Å²) in [4.78, 5) is 11.7. The molecule has 0 bridgehead atoms. The van der Waals surface area contributed by atoms with Crippen molar-refractivity contribution < 1.29 is 18.7 Å². The fourth-order valence-electron chi connectivity index (χ4n) is 1.59. The number of carbonyl (C=O) groups excluding carboxylic acids is 1. The van der Waals surface area contributed by atoms with Crippen molar-refractivity contribution in [3.05, 3.63) is 55.8 Å². The number of esters is 1. The zero-order valence-corrected chi connectivity index (χ0v) is 14.1. The van der Waals surface area contributed by atoms with E-state index < -0.39 is 11.8 Å². The highest BCUT2D eigenvalue weighted by atomic mass is 127.